The zero-order valence-corrected chi connectivity index (χ0v) is 22.2. The molecule has 202 valence electrons. The van der Waals surface area contributed by atoms with Crippen LogP contribution < -0.4 is 15.0 Å². The van der Waals surface area contributed by atoms with E-state index in [4.69, 9.17) is 14.5 Å². The summed E-state index contributed by atoms with van der Waals surface area (Å²) >= 11 is 0. The smallest absolute Gasteiger partial charge is 0.319 e. The quantitative estimate of drug-likeness (QED) is 0.343. The number of anilines is 1. The zero-order chi connectivity index (χ0) is 27.3. The molecular weight excluding hydrogens is 499 g/mol. The Balaban J connectivity index is 1.49. The van der Waals surface area contributed by atoms with Crippen molar-refractivity contribution in [3.63, 3.8) is 0 Å². The number of halogens is 1. The lowest BCUT2D eigenvalue weighted by Crippen LogP contribution is -2.51. The van der Waals surface area contributed by atoms with Crippen molar-refractivity contribution in [3.05, 3.63) is 54.3 Å². The maximum atomic E-state index is 16.4. The minimum Gasteiger partial charge on any atom is -0.508 e. The molecule has 2 unspecified atom stereocenters. The number of rotatable bonds is 6. The minimum atomic E-state index is -0.942. The van der Waals surface area contributed by atoms with Crippen LogP contribution in [0.4, 0.5) is 10.2 Å². The number of esters is 1. The Labute approximate surface area is 225 Å². The Kier molecular flexibility index (Phi) is 6.26. The van der Waals surface area contributed by atoms with Gasteiger partial charge in [0, 0.05) is 36.1 Å². The van der Waals surface area contributed by atoms with Crippen LogP contribution in [0.5, 0.6) is 11.8 Å². The van der Waals surface area contributed by atoms with E-state index in [1.165, 1.54) is 7.11 Å². The van der Waals surface area contributed by atoms with Gasteiger partial charge in [-0.1, -0.05) is 30.3 Å². The number of ether oxygens (including phenoxy) is 2. The molecule has 9 heteroatoms. The van der Waals surface area contributed by atoms with Gasteiger partial charge in [0.2, 0.25) is 0 Å². The predicted molar refractivity (Wildman–Crippen MR) is 148 cm³/mol. The fraction of sp³-hybridized carbons (Fsp3) is 0.367. The van der Waals surface area contributed by atoms with Gasteiger partial charge in [-0.05, 0) is 61.2 Å². The van der Waals surface area contributed by atoms with Gasteiger partial charge in [-0.2, -0.15) is 9.97 Å². The summed E-state index contributed by atoms with van der Waals surface area (Å²) in [4.78, 5) is 23.6. The van der Waals surface area contributed by atoms with Crippen LogP contribution in [0.2, 0.25) is 0 Å². The summed E-state index contributed by atoms with van der Waals surface area (Å²) in [6.45, 7) is 4.88. The molecule has 39 heavy (non-hydrogen) atoms. The number of nitrogens with zero attached hydrogens (tertiary/aromatic N) is 3. The third-order valence-corrected chi connectivity index (χ3v) is 7.72. The third-order valence-electron chi connectivity index (χ3n) is 7.72. The molecule has 3 heterocycles. The largest absolute Gasteiger partial charge is 0.508 e. The van der Waals surface area contributed by atoms with Gasteiger partial charge in [0.15, 0.2) is 5.82 Å². The molecule has 2 aliphatic rings. The number of hydrogen-bond acceptors (Lipinski definition) is 8. The highest BCUT2D eigenvalue weighted by atomic mass is 19.1. The van der Waals surface area contributed by atoms with Gasteiger partial charge in [-0.15, -0.1) is 0 Å². The molecule has 2 aliphatic heterocycles. The van der Waals surface area contributed by atoms with Crippen molar-refractivity contribution in [2.24, 2.45) is 5.41 Å². The van der Waals surface area contributed by atoms with E-state index >= 15 is 4.39 Å². The van der Waals surface area contributed by atoms with Crippen molar-refractivity contribution in [1.82, 2.24) is 15.3 Å². The molecule has 6 rings (SSSR count). The summed E-state index contributed by atoms with van der Waals surface area (Å²) in [5.41, 5.74) is 0.0734. The Hall–Kier alpha value is -3.98. The van der Waals surface area contributed by atoms with Gasteiger partial charge in [0.25, 0.3) is 0 Å². The Morgan fingerprint density at radius 1 is 1.08 bits per heavy atom. The van der Waals surface area contributed by atoms with Crippen molar-refractivity contribution < 1.29 is 23.8 Å². The number of fused-ring (bicyclic) bond motifs is 4. The van der Waals surface area contributed by atoms with Crippen LogP contribution in [-0.4, -0.2) is 59.9 Å². The maximum Gasteiger partial charge on any atom is 0.319 e. The van der Waals surface area contributed by atoms with Crippen LogP contribution in [0, 0.1) is 11.2 Å². The van der Waals surface area contributed by atoms with Crippen molar-refractivity contribution in [1.29, 1.82) is 0 Å². The fourth-order valence-corrected chi connectivity index (χ4v) is 5.71. The number of aromatic nitrogens is 2. The Morgan fingerprint density at radius 3 is 2.56 bits per heavy atom. The van der Waals surface area contributed by atoms with Crippen molar-refractivity contribution in [3.8, 4) is 22.9 Å². The number of phenols is 1. The number of aromatic hydroxyl groups is 1. The number of carbonyl (C=O) groups is 1. The maximum absolute atomic E-state index is 16.4. The average molecular weight is 531 g/mol. The molecule has 0 amide bonds. The second-order valence-electron chi connectivity index (χ2n) is 11.1. The molecule has 1 aromatic heterocycles. The first-order chi connectivity index (χ1) is 18.7. The molecular formula is C30H31FN4O4. The number of piperazine rings is 1. The van der Waals surface area contributed by atoms with E-state index in [2.05, 4.69) is 15.2 Å². The molecule has 0 aliphatic carbocycles. The lowest BCUT2D eigenvalue weighted by atomic mass is 9.95. The Bertz CT molecular complexity index is 1580. The van der Waals surface area contributed by atoms with E-state index < -0.39 is 17.2 Å². The van der Waals surface area contributed by atoms with Crippen LogP contribution in [0.1, 0.15) is 26.7 Å². The predicted octanol–water partition coefficient (Wildman–Crippen LogP) is 4.81. The third kappa shape index (κ3) is 4.61. The molecule has 2 saturated heterocycles. The molecule has 0 spiro atoms. The summed E-state index contributed by atoms with van der Waals surface area (Å²) in [5.74, 6) is -0.291. The normalized spacial score (nSPS) is 19.0. The van der Waals surface area contributed by atoms with Gasteiger partial charge in [0.05, 0.1) is 12.5 Å². The second-order valence-corrected chi connectivity index (χ2v) is 11.1. The van der Waals surface area contributed by atoms with Crippen LogP contribution >= 0.6 is 0 Å². The molecule has 2 N–H and O–H groups in total. The molecule has 2 atom stereocenters. The zero-order valence-electron chi connectivity index (χ0n) is 22.2. The molecule has 3 aromatic carbocycles. The standard InChI is InChI=1S/C30H31FN4O4/c1-30(2,28(37)38-3)16-39-29-33-26-23(27(34-29)35-14-18-8-9-19(15-35)32-18)11-10-22(25(26)31)24-13-20(36)12-17-6-4-5-7-21(17)24/h4-7,10-13,18-19,32,36H,8-9,14-16H2,1-3H3. The number of phenolic OH excluding ortho intramolecular Hbond substituents is 1. The first kappa shape index (κ1) is 25.3. The highest BCUT2D eigenvalue weighted by Crippen LogP contribution is 2.39. The summed E-state index contributed by atoms with van der Waals surface area (Å²) < 4.78 is 27.2. The topological polar surface area (TPSA) is 96.8 Å². The first-order valence-electron chi connectivity index (χ1n) is 13.2. The lowest BCUT2D eigenvalue weighted by molar-refractivity contribution is -0.152. The van der Waals surface area contributed by atoms with Gasteiger partial charge < -0.3 is 24.8 Å². The molecule has 2 bridgehead atoms. The van der Waals surface area contributed by atoms with Crippen molar-refractivity contribution in [2.45, 2.75) is 38.8 Å². The monoisotopic (exact) mass is 530 g/mol. The van der Waals surface area contributed by atoms with Crippen LogP contribution in [0.3, 0.4) is 0 Å². The van der Waals surface area contributed by atoms with Crippen LogP contribution in [0.15, 0.2) is 48.5 Å². The van der Waals surface area contributed by atoms with E-state index in [1.54, 1.807) is 32.0 Å². The SMILES string of the molecule is COC(=O)C(C)(C)COc1nc(N2CC3CCC(C2)N3)c2ccc(-c3cc(O)cc4ccccc34)c(F)c2n1. The van der Waals surface area contributed by atoms with Crippen molar-refractivity contribution in [2.75, 3.05) is 31.7 Å². The fourth-order valence-electron chi connectivity index (χ4n) is 5.71. The van der Waals surface area contributed by atoms with E-state index in [0.717, 1.165) is 36.7 Å². The summed E-state index contributed by atoms with van der Waals surface area (Å²) in [6, 6.07) is 15.0. The molecule has 2 fully saturated rings. The second kappa shape index (κ2) is 9.64. The van der Waals surface area contributed by atoms with Gasteiger partial charge >= 0.3 is 12.0 Å². The van der Waals surface area contributed by atoms with E-state index in [9.17, 15) is 9.90 Å². The minimum absolute atomic E-state index is 0.00262. The molecule has 8 nitrogen and oxygen atoms in total. The highest BCUT2D eigenvalue weighted by Gasteiger charge is 2.35. The van der Waals surface area contributed by atoms with E-state index in [0.29, 0.717) is 34.4 Å². The lowest BCUT2D eigenvalue weighted by Gasteiger charge is -2.34. The number of hydrogen-bond donors (Lipinski definition) is 2. The van der Waals surface area contributed by atoms with E-state index in [-0.39, 0.29) is 23.9 Å². The van der Waals surface area contributed by atoms with Crippen LogP contribution in [-0.2, 0) is 9.53 Å². The molecule has 0 saturated carbocycles. The number of benzene rings is 3. The average Bonchev–Trinajstić information content (AvgIpc) is 3.28. The summed E-state index contributed by atoms with van der Waals surface area (Å²) in [5, 5.41) is 16.2. The number of nitrogens with one attached hydrogen (secondary N) is 1. The van der Waals surface area contributed by atoms with Crippen molar-refractivity contribution >= 4 is 33.5 Å². The van der Waals surface area contributed by atoms with Gasteiger partial charge in [-0.3, -0.25) is 4.79 Å². The molecule has 4 aromatic rings. The summed E-state index contributed by atoms with van der Waals surface area (Å²) in [6.07, 6.45) is 2.17. The highest BCUT2D eigenvalue weighted by molar-refractivity contribution is 6.01. The van der Waals surface area contributed by atoms with Gasteiger partial charge in [-0.25, -0.2) is 4.39 Å². The molecule has 0 radical (unpaired) electrons. The van der Waals surface area contributed by atoms with Gasteiger partial charge in [0.1, 0.15) is 23.7 Å². The first-order valence-corrected chi connectivity index (χ1v) is 13.2. The number of carbonyl (C=O) groups excluding carboxylic acids is 1. The van der Waals surface area contributed by atoms with E-state index in [1.807, 2.05) is 30.3 Å². The summed E-state index contributed by atoms with van der Waals surface area (Å²) in [7, 11) is 1.33. The van der Waals surface area contributed by atoms with Crippen LogP contribution in [0.25, 0.3) is 32.8 Å². The Morgan fingerprint density at radius 2 is 1.82 bits per heavy atom. The number of methoxy groups -OCH3 is 1.